The predicted octanol–water partition coefficient (Wildman–Crippen LogP) is 2.58. The first-order valence-electron chi connectivity index (χ1n) is 11.0. The largest absolute Gasteiger partial charge is 0.308 e. The van der Waals surface area contributed by atoms with Crippen LogP contribution in [0.5, 0.6) is 0 Å². The smallest absolute Gasteiger partial charge is 0.281 e. The van der Waals surface area contributed by atoms with Gasteiger partial charge in [0.15, 0.2) is 11.2 Å². The van der Waals surface area contributed by atoms with Crippen molar-refractivity contribution in [2.75, 3.05) is 13.1 Å². The number of hydrogen-bond donors (Lipinski definition) is 1. The van der Waals surface area contributed by atoms with E-state index in [4.69, 9.17) is 0 Å². The van der Waals surface area contributed by atoms with Crippen LogP contribution < -0.4 is 5.56 Å². The Morgan fingerprint density at radius 2 is 1.91 bits per heavy atom. The Labute approximate surface area is 195 Å². The molecule has 2 aromatic carbocycles. The predicted molar refractivity (Wildman–Crippen MR) is 123 cm³/mol. The maximum atomic E-state index is 14.2. The number of hydrogen-bond acceptors (Lipinski definition) is 6. The molecule has 0 radical (unpaired) electrons. The molecule has 3 heterocycles. The van der Waals surface area contributed by atoms with Gasteiger partial charge in [0.2, 0.25) is 10.0 Å². The van der Waals surface area contributed by atoms with E-state index in [2.05, 4.69) is 20.3 Å². The first kappa shape index (κ1) is 22.4. The Bertz CT molecular complexity index is 1510. The molecule has 0 bridgehead atoms. The fourth-order valence-corrected chi connectivity index (χ4v) is 5.82. The maximum Gasteiger partial charge on any atom is 0.281 e. The second-order valence-electron chi connectivity index (χ2n) is 8.49. The van der Waals surface area contributed by atoms with Gasteiger partial charge in [-0.05, 0) is 37.5 Å². The van der Waals surface area contributed by atoms with Crippen LogP contribution in [0.3, 0.4) is 0 Å². The summed E-state index contributed by atoms with van der Waals surface area (Å²) in [6.07, 6.45) is 1.19. The van der Waals surface area contributed by atoms with Crippen molar-refractivity contribution in [3.63, 3.8) is 0 Å². The molecule has 1 fully saturated rings. The molecule has 4 aromatic rings. The molecule has 2 aromatic heterocycles. The number of nitrogens with zero attached hydrogens (tertiary/aromatic N) is 5. The van der Waals surface area contributed by atoms with Gasteiger partial charge in [0.1, 0.15) is 16.5 Å². The molecule has 1 aliphatic rings. The van der Waals surface area contributed by atoms with Gasteiger partial charge in [0.05, 0.1) is 6.54 Å². The van der Waals surface area contributed by atoms with Crippen LogP contribution in [-0.2, 0) is 16.6 Å². The van der Waals surface area contributed by atoms with Gasteiger partial charge in [0.25, 0.3) is 5.56 Å². The SMILES string of the molecule is Cc1ccc(Cn2nnc3c(=O)[nH]c([C@@H]4CCCN(S(=O)(=O)c5ccccc5F)C4)nc32)cc1. The van der Waals surface area contributed by atoms with Gasteiger partial charge < -0.3 is 4.98 Å². The number of halogens is 1. The van der Waals surface area contributed by atoms with Crippen LogP contribution >= 0.6 is 0 Å². The summed E-state index contributed by atoms with van der Waals surface area (Å²) in [5.74, 6) is -0.767. The van der Waals surface area contributed by atoms with E-state index in [0.717, 1.165) is 17.2 Å². The molecule has 1 atom stereocenters. The van der Waals surface area contributed by atoms with Crippen LogP contribution in [0.15, 0.2) is 58.2 Å². The molecule has 0 aliphatic carbocycles. The number of nitrogens with one attached hydrogen (secondary N) is 1. The molecular weight excluding hydrogens is 459 g/mol. The number of aromatic amines is 1. The molecule has 1 saturated heterocycles. The van der Waals surface area contributed by atoms with Crippen molar-refractivity contribution in [3.05, 3.63) is 81.7 Å². The minimum atomic E-state index is -4.02. The van der Waals surface area contributed by atoms with E-state index >= 15 is 0 Å². The number of aryl methyl sites for hydroxylation is 1. The lowest BCUT2D eigenvalue weighted by atomic mass is 9.99. The quantitative estimate of drug-likeness (QED) is 0.468. The molecule has 176 valence electrons. The fraction of sp³-hybridized carbons (Fsp3) is 0.304. The third-order valence-corrected chi connectivity index (χ3v) is 7.97. The number of aromatic nitrogens is 5. The molecule has 1 N–H and O–H groups in total. The summed E-state index contributed by atoms with van der Waals surface area (Å²) in [7, 11) is -4.02. The average Bonchev–Trinajstić information content (AvgIpc) is 3.24. The third kappa shape index (κ3) is 4.12. The Morgan fingerprint density at radius 3 is 2.68 bits per heavy atom. The highest BCUT2D eigenvalue weighted by Gasteiger charge is 2.33. The Balaban J connectivity index is 1.46. The first-order valence-corrected chi connectivity index (χ1v) is 12.4. The Morgan fingerprint density at radius 1 is 1.15 bits per heavy atom. The minimum Gasteiger partial charge on any atom is -0.308 e. The highest BCUT2D eigenvalue weighted by atomic mass is 32.2. The highest BCUT2D eigenvalue weighted by molar-refractivity contribution is 7.89. The Hall–Kier alpha value is -3.44. The van der Waals surface area contributed by atoms with Crippen molar-refractivity contribution >= 4 is 21.2 Å². The number of sulfonamides is 1. The van der Waals surface area contributed by atoms with Gasteiger partial charge in [-0.2, -0.15) is 4.31 Å². The molecule has 0 saturated carbocycles. The van der Waals surface area contributed by atoms with E-state index in [9.17, 15) is 17.6 Å². The van der Waals surface area contributed by atoms with E-state index < -0.39 is 21.4 Å². The molecular formula is C23H23FN6O3S. The van der Waals surface area contributed by atoms with Crippen LogP contribution in [0, 0.1) is 12.7 Å². The number of H-pyrrole nitrogens is 1. The molecule has 9 nitrogen and oxygen atoms in total. The molecule has 1 aliphatic heterocycles. The summed E-state index contributed by atoms with van der Waals surface area (Å²) in [4.78, 5) is 19.7. The minimum absolute atomic E-state index is 0.0879. The van der Waals surface area contributed by atoms with E-state index in [1.165, 1.54) is 22.5 Å². The molecule has 34 heavy (non-hydrogen) atoms. The van der Waals surface area contributed by atoms with Crippen molar-refractivity contribution in [2.24, 2.45) is 0 Å². The zero-order chi connectivity index (χ0) is 23.9. The maximum absolute atomic E-state index is 14.2. The van der Waals surface area contributed by atoms with Crippen LogP contribution in [-0.4, -0.2) is 50.8 Å². The van der Waals surface area contributed by atoms with Crippen molar-refractivity contribution in [3.8, 4) is 0 Å². The lowest BCUT2D eigenvalue weighted by molar-refractivity contribution is 0.308. The Kier molecular flexibility index (Phi) is 5.74. The van der Waals surface area contributed by atoms with E-state index in [1.54, 1.807) is 4.68 Å². The number of piperidine rings is 1. The van der Waals surface area contributed by atoms with Gasteiger partial charge in [-0.25, -0.2) is 22.5 Å². The zero-order valence-corrected chi connectivity index (χ0v) is 19.3. The molecule has 0 amide bonds. The van der Waals surface area contributed by atoms with Crippen LogP contribution in [0.4, 0.5) is 4.39 Å². The van der Waals surface area contributed by atoms with Crippen molar-refractivity contribution in [2.45, 2.75) is 37.1 Å². The lowest BCUT2D eigenvalue weighted by Crippen LogP contribution is -2.40. The second-order valence-corrected chi connectivity index (χ2v) is 10.4. The number of fused-ring (bicyclic) bond motifs is 1. The third-order valence-electron chi connectivity index (χ3n) is 6.07. The molecule has 0 unspecified atom stereocenters. The molecule has 5 rings (SSSR count). The standard InChI is InChI=1S/C23H23FN6O3S/c1-15-8-10-16(11-9-15)13-30-22-20(27-28-30)23(31)26-21(25-22)17-5-4-12-29(14-17)34(32,33)19-7-3-2-6-18(19)24/h2-3,6-11,17H,4-5,12-14H2,1H3,(H,25,26,31)/t17-/m1/s1. The van der Waals surface area contributed by atoms with E-state index in [1.807, 2.05) is 31.2 Å². The summed E-state index contributed by atoms with van der Waals surface area (Å²) in [5.41, 5.74) is 2.16. The summed E-state index contributed by atoms with van der Waals surface area (Å²) < 4.78 is 43.2. The molecule has 0 spiro atoms. The second kappa shape index (κ2) is 8.73. The monoisotopic (exact) mass is 482 g/mol. The first-order chi connectivity index (χ1) is 16.3. The van der Waals surface area contributed by atoms with E-state index in [-0.39, 0.29) is 29.4 Å². The summed E-state index contributed by atoms with van der Waals surface area (Å²) in [6.45, 7) is 2.75. The summed E-state index contributed by atoms with van der Waals surface area (Å²) in [6, 6.07) is 13.3. The van der Waals surface area contributed by atoms with Crippen molar-refractivity contribution in [1.29, 1.82) is 0 Å². The van der Waals surface area contributed by atoms with Gasteiger partial charge >= 0.3 is 0 Å². The van der Waals surface area contributed by atoms with Gasteiger partial charge in [-0.1, -0.05) is 47.2 Å². The van der Waals surface area contributed by atoms with Crippen LogP contribution in [0.2, 0.25) is 0 Å². The topological polar surface area (TPSA) is 114 Å². The van der Waals surface area contributed by atoms with Gasteiger partial charge in [-0.15, -0.1) is 5.10 Å². The number of benzene rings is 2. The highest BCUT2D eigenvalue weighted by Crippen LogP contribution is 2.29. The van der Waals surface area contributed by atoms with Crippen molar-refractivity contribution in [1.82, 2.24) is 29.3 Å². The summed E-state index contributed by atoms with van der Waals surface area (Å²) >= 11 is 0. The normalized spacial score (nSPS) is 17.3. The fourth-order valence-electron chi connectivity index (χ4n) is 4.23. The van der Waals surface area contributed by atoms with Gasteiger partial charge in [0, 0.05) is 19.0 Å². The van der Waals surface area contributed by atoms with Crippen LogP contribution in [0.25, 0.3) is 11.2 Å². The average molecular weight is 483 g/mol. The number of rotatable bonds is 5. The zero-order valence-electron chi connectivity index (χ0n) is 18.5. The lowest BCUT2D eigenvalue weighted by Gasteiger charge is -2.31. The molecule has 11 heteroatoms. The van der Waals surface area contributed by atoms with Gasteiger partial charge in [-0.3, -0.25) is 4.79 Å². The summed E-state index contributed by atoms with van der Waals surface area (Å²) in [5, 5.41) is 8.08. The van der Waals surface area contributed by atoms with Crippen molar-refractivity contribution < 1.29 is 12.8 Å². The van der Waals surface area contributed by atoms with Crippen LogP contribution in [0.1, 0.15) is 35.7 Å². The van der Waals surface area contributed by atoms with E-state index in [0.29, 0.717) is 30.9 Å².